The lowest BCUT2D eigenvalue weighted by molar-refractivity contribution is -0.149. The van der Waals surface area contributed by atoms with Crippen LogP contribution >= 0.6 is 0 Å². The molecule has 2 aliphatic rings. The standard InChI is InChI=1S/C16H16O4/c17-14(18)12-9-10-5-3-4-8-16(10,15(19)20)13-7-2-1-6-11(12)13/h1-4,6-7,10,12H,5,8-9H2,(H,17,18)(H,19,20)/t10-,12+,16+/m0/s1. The van der Waals surface area contributed by atoms with Crippen molar-refractivity contribution in [3.63, 3.8) is 0 Å². The quantitative estimate of drug-likeness (QED) is 0.811. The van der Waals surface area contributed by atoms with Gasteiger partial charge in [-0.05, 0) is 36.3 Å². The Bertz CT molecular complexity index is 604. The van der Waals surface area contributed by atoms with Crippen LogP contribution in [0.5, 0.6) is 0 Å². The van der Waals surface area contributed by atoms with Gasteiger partial charge in [-0.2, -0.15) is 0 Å². The average Bonchev–Trinajstić information content (AvgIpc) is 2.45. The first-order chi connectivity index (χ1) is 9.57. The summed E-state index contributed by atoms with van der Waals surface area (Å²) >= 11 is 0. The van der Waals surface area contributed by atoms with Crippen LogP contribution in [0.2, 0.25) is 0 Å². The Morgan fingerprint density at radius 2 is 1.90 bits per heavy atom. The summed E-state index contributed by atoms with van der Waals surface area (Å²) in [6, 6.07) is 7.12. The second-order valence-electron chi connectivity index (χ2n) is 5.60. The largest absolute Gasteiger partial charge is 0.481 e. The molecule has 0 aromatic heterocycles. The van der Waals surface area contributed by atoms with Crippen molar-refractivity contribution >= 4 is 11.9 Å². The minimum atomic E-state index is -0.961. The number of aliphatic carboxylic acids is 2. The number of carbonyl (C=O) groups is 2. The highest BCUT2D eigenvalue weighted by Crippen LogP contribution is 2.52. The van der Waals surface area contributed by atoms with Crippen molar-refractivity contribution in [3.8, 4) is 0 Å². The Balaban J connectivity index is 2.24. The van der Waals surface area contributed by atoms with E-state index in [-0.39, 0.29) is 5.92 Å². The molecule has 0 heterocycles. The van der Waals surface area contributed by atoms with E-state index in [1.165, 1.54) is 0 Å². The molecule has 0 fully saturated rings. The molecule has 1 aromatic carbocycles. The van der Waals surface area contributed by atoms with Gasteiger partial charge in [-0.1, -0.05) is 36.4 Å². The molecule has 0 saturated heterocycles. The minimum absolute atomic E-state index is 0.152. The van der Waals surface area contributed by atoms with Crippen LogP contribution in [0.1, 0.15) is 36.3 Å². The molecule has 104 valence electrons. The number of carboxylic acids is 2. The molecule has 2 aliphatic carbocycles. The second-order valence-corrected chi connectivity index (χ2v) is 5.60. The van der Waals surface area contributed by atoms with E-state index >= 15 is 0 Å². The minimum Gasteiger partial charge on any atom is -0.481 e. The van der Waals surface area contributed by atoms with Crippen LogP contribution in [-0.2, 0) is 15.0 Å². The lowest BCUT2D eigenvalue weighted by atomic mass is 9.56. The molecule has 2 N–H and O–H groups in total. The fourth-order valence-electron chi connectivity index (χ4n) is 3.75. The van der Waals surface area contributed by atoms with E-state index in [1.807, 2.05) is 12.2 Å². The van der Waals surface area contributed by atoms with Gasteiger partial charge in [0.1, 0.15) is 0 Å². The predicted octanol–water partition coefficient (Wildman–Crippen LogP) is 2.55. The van der Waals surface area contributed by atoms with E-state index in [9.17, 15) is 19.8 Å². The van der Waals surface area contributed by atoms with E-state index in [4.69, 9.17) is 0 Å². The highest BCUT2D eigenvalue weighted by atomic mass is 16.4. The first-order valence-corrected chi connectivity index (χ1v) is 6.78. The molecule has 1 aromatic rings. The van der Waals surface area contributed by atoms with Gasteiger partial charge in [0.15, 0.2) is 0 Å². The van der Waals surface area contributed by atoms with Gasteiger partial charge < -0.3 is 10.2 Å². The summed E-state index contributed by atoms with van der Waals surface area (Å²) in [5.74, 6) is -2.47. The number of rotatable bonds is 2. The summed E-state index contributed by atoms with van der Waals surface area (Å²) in [6.45, 7) is 0. The number of fused-ring (bicyclic) bond motifs is 3. The molecule has 4 nitrogen and oxygen atoms in total. The second kappa shape index (κ2) is 4.47. The van der Waals surface area contributed by atoms with Crippen molar-refractivity contribution in [1.82, 2.24) is 0 Å². The maximum Gasteiger partial charge on any atom is 0.314 e. The van der Waals surface area contributed by atoms with Gasteiger partial charge in [0.25, 0.3) is 0 Å². The van der Waals surface area contributed by atoms with E-state index < -0.39 is 23.3 Å². The average molecular weight is 272 g/mol. The third kappa shape index (κ3) is 1.60. The smallest absolute Gasteiger partial charge is 0.314 e. The fraction of sp³-hybridized carbons (Fsp3) is 0.375. The van der Waals surface area contributed by atoms with Crippen LogP contribution in [0, 0.1) is 5.92 Å². The molecule has 4 heteroatoms. The maximum atomic E-state index is 12.0. The molecule has 0 bridgehead atoms. The van der Waals surface area contributed by atoms with Gasteiger partial charge in [-0.15, -0.1) is 0 Å². The number of benzene rings is 1. The van der Waals surface area contributed by atoms with Crippen LogP contribution in [0.4, 0.5) is 0 Å². The molecule has 0 radical (unpaired) electrons. The van der Waals surface area contributed by atoms with Gasteiger partial charge >= 0.3 is 11.9 Å². The zero-order valence-electron chi connectivity index (χ0n) is 11.0. The highest BCUT2D eigenvalue weighted by molar-refractivity contribution is 5.86. The Kier molecular flexibility index (Phi) is 2.89. The van der Waals surface area contributed by atoms with Gasteiger partial charge in [0, 0.05) is 0 Å². The molecular weight excluding hydrogens is 256 g/mol. The van der Waals surface area contributed by atoms with Crippen LogP contribution < -0.4 is 0 Å². The number of hydrogen-bond acceptors (Lipinski definition) is 2. The first kappa shape index (κ1) is 12.9. The fourth-order valence-corrected chi connectivity index (χ4v) is 3.75. The molecular formula is C16H16O4. The molecule has 0 saturated carbocycles. The third-order valence-corrected chi connectivity index (χ3v) is 4.74. The predicted molar refractivity (Wildman–Crippen MR) is 72.6 cm³/mol. The number of hydrogen-bond donors (Lipinski definition) is 2. The lowest BCUT2D eigenvalue weighted by Crippen LogP contribution is -2.48. The van der Waals surface area contributed by atoms with Gasteiger partial charge in [0.05, 0.1) is 11.3 Å². The van der Waals surface area contributed by atoms with Crippen molar-refractivity contribution in [2.24, 2.45) is 5.92 Å². The zero-order valence-corrected chi connectivity index (χ0v) is 11.0. The Morgan fingerprint density at radius 1 is 1.15 bits per heavy atom. The Morgan fingerprint density at radius 3 is 2.60 bits per heavy atom. The van der Waals surface area contributed by atoms with Crippen LogP contribution in [0.15, 0.2) is 36.4 Å². The van der Waals surface area contributed by atoms with Gasteiger partial charge in [-0.3, -0.25) is 9.59 Å². The number of carboxylic acid groups (broad SMARTS) is 2. The molecule has 3 atom stereocenters. The van der Waals surface area contributed by atoms with E-state index in [0.717, 1.165) is 0 Å². The lowest BCUT2D eigenvalue weighted by Gasteiger charge is -2.45. The summed E-state index contributed by atoms with van der Waals surface area (Å²) in [7, 11) is 0. The SMILES string of the molecule is O=C(O)[C@@H]1C[C@@H]2CC=CC[C@]2(C(=O)O)c2ccccc21. The molecule has 3 rings (SSSR count). The molecule has 0 amide bonds. The Hall–Kier alpha value is -2.10. The molecule has 0 unspecified atom stereocenters. The Labute approximate surface area is 116 Å². The zero-order chi connectivity index (χ0) is 14.3. The molecule has 0 aliphatic heterocycles. The molecule has 20 heavy (non-hydrogen) atoms. The first-order valence-electron chi connectivity index (χ1n) is 6.78. The van der Waals surface area contributed by atoms with Gasteiger partial charge in [0.2, 0.25) is 0 Å². The van der Waals surface area contributed by atoms with Crippen LogP contribution in [0.25, 0.3) is 0 Å². The number of allylic oxidation sites excluding steroid dienone is 2. The third-order valence-electron chi connectivity index (χ3n) is 4.74. The van der Waals surface area contributed by atoms with E-state index in [2.05, 4.69) is 0 Å². The summed E-state index contributed by atoms with van der Waals surface area (Å²) in [5.41, 5.74) is 0.381. The van der Waals surface area contributed by atoms with E-state index in [0.29, 0.717) is 30.4 Å². The van der Waals surface area contributed by atoms with Crippen molar-refractivity contribution in [1.29, 1.82) is 0 Å². The van der Waals surface area contributed by atoms with Gasteiger partial charge in [-0.25, -0.2) is 0 Å². The molecule has 0 spiro atoms. The topological polar surface area (TPSA) is 74.6 Å². The van der Waals surface area contributed by atoms with E-state index in [1.54, 1.807) is 24.3 Å². The summed E-state index contributed by atoms with van der Waals surface area (Å²) < 4.78 is 0. The van der Waals surface area contributed by atoms with Crippen molar-refractivity contribution in [2.75, 3.05) is 0 Å². The monoisotopic (exact) mass is 272 g/mol. The van der Waals surface area contributed by atoms with Crippen molar-refractivity contribution in [3.05, 3.63) is 47.5 Å². The van der Waals surface area contributed by atoms with Crippen LogP contribution in [0.3, 0.4) is 0 Å². The highest BCUT2D eigenvalue weighted by Gasteiger charge is 2.53. The van der Waals surface area contributed by atoms with Crippen LogP contribution in [-0.4, -0.2) is 22.2 Å². The van der Waals surface area contributed by atoms with Crippen molar-refractivity contribution in [2.45, 2.75) is 30.6 Å². The summed E-state index contributed by atoms with van der Waals surface area (Å²) in [6.07, 6.45) is 5.34. The summed E-state index contributed by atoms with van der Waals surface area (Å²) in [4.78, 5) is 23.5. The van der Waals surface area contributed by atoms with Crippen molar-refractivity contribution < 1.29 is 19.8 Å². The summed E-state index contributed by atoms with van der Waals surface area (Å²) in [5, 5.41) is 19.2. The normalized spacial score (nSPS) is 31.2. The maximum absolute atomic E-state index is 12.0.